The Morgan fingerprint density at radius 2 is 2.07 bits per heavy atom. The van der Waals surface area contributed by atoms with Gasteiger partial charge in [-0.2, -0.15) is 0 Å². The number of halogens is 1. The van der Waals surface area contributed by atoms with Gasteiger partial charge in [-0.05, 0) is 19.3 Å². The van der Waals surface area contributed by atoms with E-state index in [0.29, 0.717) is 29.5 Å². The molecule has 1 fully saturated rings. The molecule has 2 rings (SSSR count). The number of nitrogens with two attached hydrogens (primary N) is 1. The van der Waals surface area contributed by atoms with Crippen LogP contribution in [0.2, 0.25) is 5.15 Å². The Balaban J connectivity index is 2.10. The number of aliphatic hydroxyl groups excluding tert-OH is 1. The number of nitrogens with zero attached hydrogens (tertiary/aromatic N) is 2. The molecule has 1 aliphatic rings. The highest BCUT2D eigenvalue weighted by atomic mass is 35.5. The van der Waals surface area contributed by atoms with Gasteiger partial charge < -0.3 is 30.7 Å². The lowest BCUT2D eigenvalue weighted by atomic mass is 10.2. The fourth-order valence-corrected chi connectivity index (χ4v) is 3.86. The molecule has 1 saturated carbocycles. The van der Waals surface area contributed by atoms with Crippen molar-refractivity contribution in [2.75, 3.05) is 30.0 Å². The molecule has 0 aromatic carbocycles. The number of nitrogens with one attached hydrogen (secondary N) is 1. The van der Waals surface area contributed by atoms with Gasteiger partial charge in [-0.25, -0.2) is 9.97 Å². The van der Waals surface area contributed by atoms with Crippen molar-refractivity contribution in [3.8, 4) is 0 Å². The third-order valence-electron chi connectivity index (χ3n) is 3.97. The van der Waals surface area contributed by atoms with Gasteiger partial charge in [0.15, 0.2) is 16.1 Å². The average Bonchev–Trinajstić information content (AvgIpc) is 2.94. The summed E-state index contributed by atoms with van der Waals surface area (Å²) in [5, 5.41) is 21.2. The molecule has 0 saturated heterocycles. The van der Waals surface area contributed by atoms with Crippen LogP contribution in [-0.2, 0) is 9.47 Å². The topological polar surface area (TPSA) is 125 Å². The molecule has 10 heteroatoms. The molecule has 0 bridgehead atoms. The minimum atomic E-state index is -1.03. The Labute approximate surface area is 169 Å². The number of rotatable bonds is 10. The van der Waals surface area contributed by atoms with Crippen LogP contribution in [0.3, 0.4) is 0 Å². The van der Waals surface area contributed by atoms with E-state index in [4.69, 9.17) is 37.0 Å². The van der Waals surface area contributed by atoms with Crippen LogP contribution < -0.4 is 11.1 Å². The number of hydrogen-bond acceptors (Lipinski definition) is 8. The first-order valence-electron chi connectivity index (χ1n) is 9.11. The highest BCUT2D eigenvalue weighted by Gasteiger charge is 2.40. The fraction of sp³-hybridized carbons (Fsp3) is 0.765. The van der Waals surface area contributed by atoms with Crippen LogP contribution in [0.25, 0.3) is 0 Å². The minimum absolute atomic E-state index is 0.00154. The Morgan fingerprint density at radius 1 is 1.37 bits per heavy atom. The number of nitrogen functional groups attached to an aromatic ring is 1. The summed E-state index contributed by atoms with van der Waals surface area (Å²) >= 11 is 7.70. The van der Waals surface area contributed by atoms with Gasteiger partial charge in [0.2, 0.25) is 0 Å². The second-order valence-electron chi connectivity index (χ2n) is 7.02. The van der Waals surface area contributed by atoms with Crippen molar-refractivity contribution in [3.05, 3.63) is 5.15 Å². The summed E-state index contributed by atoms with van der Waals surface area (Å²) in [5.74, 6) is 0.376. The van der Waals surface area contributed by atoms with Crippen molar-refractivity contribution >= 4 is 34.9 Å². The van der Waals surface area contributed by atoms with E-state index >= 15 is 0 Å². The third kappa shape index (κ3) is 6.92. The van der Waals surface area contributed by atoms with Crippen LogP contribution in [0.4, 0.5) is 11.5 Å². The van der Waals surface area contributed by atoms with Gasteiger partial charge in [-0.15, -0.1) is 0 Å². The van der Waals surface area contributed by atoms with E-state index in [1.165, 1.54) is 11.8 Å². The molecule has 1 unspecified atom stereocenters. The first-order valence-corrected chi connectivity index (χ1v) is 10.5. The monoisotopic (exact) mass is 421 g/mol. The normalized spacial score (nSPS) is 23.0. The van der Waals surface area contributed by atoms with E-state index in [9.17, 15) is 0 Å². The van der Waals surface area contributed by atoms with E-state index in [2.05, 4.69) is 22.2 Å². The lowest BCUT2D eigenvalue weighted by Crippen LogP contribution is -2.36. The summed E-state index contributed by atoms with van der Waals surface area (Å²) in [7, 11) is 0. The highest BCUT2D eigenvalue weighted by molar-refractivity contribution is 7.99. The van der Waals surface area contributed by atoms with E-state index in [1.54, 1.807) is 13.8 Å². The van der Waals surface area contributed by atoms with E-state index in [-0.39, 0.29) is 36.6 Å². The van der Waals surface area contributed by atoms with Gasteiger partial charge in [-0.1, -0.05) is 30.3 Å². The summed E-state index contributed by atoms with van der Waals surface area (Å²) in [6.45, 7) is 5.64. The maximum Gasteiger partial charge on any atom is 0.267 e. The first kappa shape index (κ1) is 22.4. The lowest BCUT2D eigenvalue weighted by molar-refractivity contribution is -0.224. The number of anilines is 2. The lowest BCUT2D eigenvalue weighted by Gasteiger charge is -2.24. The Morgan fingerprint density at radius 3 is 2.70 bits per heavy atom. The van der Waals surface area contributed by atoms with Crippen molar-refractivity contribution < 1.29 is 19.7 Å². The van der Waals surface area contributed by atoms with Crippen LogP contribution >= 0.6 is 23.4 Å². The highest BCUT2D eigenvalue weighted by Crippen LogP contribution is 2.33. The summed E-state index contributed by atoms with van der Waals surface area (Å²) in [6, 6.07) is -0.00154. The molecule has 1 aliphatic carbocycles. The molecule has 0 aliphatic heterocycles. The molecule has 3 atom stereocenters. The van der Waals surface area contributed by atoms with Crippen molar-refractivity contribution in [2.45, 2.75) is 69.2 Å². The van der Waals surface area contributed by atoms with Crippen LogP contribution in [0.15, 0.2) is 5.16 Å². The van der Waals surface area contributed by atoms with Gasteiger partial charge in [0, 0.05) is 25.6 Å². The molecule has 8 nitrogen and oxygen atoms in total. The van der Waals surface area contributed by atoms with Gasteiger partial charge >= 0.3 is 0 Å². The van der Waals surface area contributed by atoms with Crippen LogP contribution in [0.5, 0.6) is 0 Å². The molecule has 6 N–H and O–H groups in total. The summed E-state index contributed by atoms with van der Waals surface area (Å²) in [4.78, 5) is 8.71. The molecule has 27 heavy (non-hydrogen) atoms. The zero-order valence-corrected chi connectivity index (χ0v) is 17.6. The van der Waals surface area contributed by atoms with Crippen LogP contribution in [0.1, 0.15) is 40.0 Å². The second kappa shape index (κ2) is 10.1. The third-order valence-corrected chi connectivity index (χ3v) is 5.31. The predicted molar refractivity (Wildman–Crippen MR) is 109 cm³/mol. The maximum atomic E-state index is 9.05. The largest absolute Gasteiger partial charge is 0.420 e. The van der Waals surface area contributed by atoms with Crippen LogP contribution in [-0.4, -0.2) is 63.2 Å². The van der Waals surface area contributed by atoms with Gasteiger partial charge in [0.25, 0.3) is 5.79 Å². The second-order valence-corrected chi connectivity index (χ2v) is 8.44. The van der Waals surface area contributed by atoms with Gasteiger partial charge in [0.05, 0.1) is 25.4 Å². The van der Waals surface area contributed by atoms with Gasteiger partial charge in [-0.3, -0.25) is 0 Å². The predicted octanol–water partition coefficient (Wildman–Crippen LogP) is 2.01. The van der Waals surface area contributed by atoms with Crippen molar-refractivity contribution in [1.29, 1.82) is 0 Å². The van der Waals surface area contributed by atoms with Crippen molar-refractivity contribution in [3.63, 3.8) is 0 Å². The molecule has 0 radical (unpaired) electrons. The molecule has 154 valence electrons. The van der Waals surface area contributed by atoms with Gasteiger partial charge in [0.1, 0.15) is 5.69 Å². The number of hydrogen-bond donors (Lipinski definition) is 3. The molecule has 1 aromatic heterocycles. The summed E-state index contributed by atoms with van der Waals surface area (Å²) < 4.78 is 11.5. The molecular weight excluding hydrogens is 392 g/mol. The summed E-state index contributed by atoms with van der Waals surface area (Å²) in [6.07, 6.45) is 1.82. The maximum absolute atomic E-state index is 9.05. The fourth-order valence-electron chi connectivity index (χ4n) is 2.94. The Hall–Kier alpha value is -0.840. The van der Waals surface area contributed by atoms with E-state index in [0.717, 1.165) is 12.2 Å². The minimum Gasteiger partial charge on any atom is -0.420 e. The number of aliphatic hydroxyl groups is 1. The SMILES string of the molecule is CCCSc1nc(Cl)c(N)c(NC2C[C@H](OCCO)[C@@H](OC(C)(C)[OH2+])C2)n1. The quantitative estimate of drug-likeness (QED) is 0.172. The Bertz CT molecular complexity index is 617. The molecular formula is C17H30ClN4O4S+. The standard InChI is InChI=1S/C17H29ClN4O4S/c1-4-7-27-16-21-14(18)13(19)15(22-16)20-10-8-11(25-6-5-23)12(9-10)26-17(2,3)24/h10-12,23-24H,4-9,19H2,1-3H3,(H,20,21,22)/p+1/t10?,11-,12-/m0/s1. The molecule has 1 aromatic rings. The first-order chi connectivity index (χ1) is 12.7. The smallest absolute Gasteiger partial charge is 0.267 e. The molecule has 1 heterocycles. The van der Waals surface area contributed by atoms with Crippen molar-refractivity contribution in [2.24, 2.45) is 0 Å². The van der Waals surface area contributed by atoms with Crippen LogP contribution in [0, 0.1) is 0 Å². The zero-order chi connectivity index (χ0) is 20.0. The number of thioether (sulfide) groups is 1. The summed E-state index contributed by atoms with van der Waals surface area (Å²) in [5.41, 5.74) is 6.37. The number of aromatic nitrogens is 2. The molecule has 0 spiro atoms. The van der Waals surface area contributed by atoms with E-state index < -0.39 is 5.79 Å². The number of ether oxygens (including phenoxy) is 2. The van der Waals surface area contributed by atoms with E-state index in [1.807, 2.05) is 0 Å². The Kier molecular flexibility index (Phi) is 8.39. The average molecular weight is 422 g/mol. The molecule has 0 amide bonds. The van der Waals surface area contributed by atoms with Crippen molar-refractivity contribution in [1.82, 2.24) is 9.97 Å². The zero-order valence-electron chi connectivity index (χ0n) is 16.0.